The highest BCUT2D eigenvalue weighted by molar-refractivity contribution is 7.22. The SMILES string of the molecule is COC(=O)Cc1cc(-c2ccc(C)s2)sc1C(C)C. The monoisotopic (exact) mass is 294 g/mol. The van der Waals surface area contributed by atoms with E-state index in [0.717, 1.165) is 5.56 Å². The topological polar surface area (TPSA) is 26.3 Å². The molecule has 2 nitrogen and oxygen atoms in total. The number of thiophene rings is 2. The molecule has 0 saturated carbocycles. The Morgan fingerprint density at radius 2 is 2.00 bits per heavy atom. The fourth-order valence-corrected chi connectivity index (χ4v) is 4.12. The first kappa shape index (κ1) is 14.3. The minimum Gasteiger partial charge on any atom is -0.469 e. The van der Waals surface area contributed by atoms with E-state index in [1.807, 2.05) is 0 Å². The molecule has 0 aliphatic carbocycles. The molecule has 102 valence electrons. The van der Waals surface area contributed by atoms with Crippen molar-refractivity contribution in [1.82, 2.24) is 0 Å². The lowest BCUT2D eigenvalue weighted by Gasteiger charge is -2.05. The van der Waals surface area contributed by atoms with Crippen LogP contribution in [-0.2, 0) is 16.0 Å². The van der Waals surface area contributed by atoms with Crippen LogP contribution in [0.15, 0.2) is 18.2 Å². The van der Waals surface area contributed by atoms with Crippen LogP contribution in [0.5, 0.6) is 0 Å². The number of methoxy groups -OCH3 is 1. The second-order valence-electron chi connectivity index (χ2n) is 4.82. The molecule has 0 fully saturated rings. The van der Waals surface area contributed by atoms with Crippen molar-refractivity contribution in [3.63, 3.8) is 0 Å². The molecule has 0 spiro atoms. The third kappa shape index (κ3) is 3.25. The van der Waals surface area contributed by atoms with E-state index in [9.17, 15) is 4.79 Å². The molecule has 2 heterocycles. The summed E-state index contributed by atoms with van der Waals surface area (Å²) in [5.41, 5.74) is 1.10. The van der Waals surface area contributed by atoms with E-state index < -0.39 is 0 Å². The van der Waals surface area contributed by atoms with Gasteiger partial charge in [-0.3, -0.25) is 4.79 Å². The Labute approximate surface area is 122 Å². The third-order valence-electron chi connectivity index (χ3n) is 2.91. The molecule has 2 rings (SSSR count). The molecule has 0 aromatic carbocycles. The van der Waals surface area contributed by atoms with Gasteiger partial charge in [-0.25, -0.2) is 0 Å². The zero-order chi connectivity index (χ0) is 14.0. The average Bonchev–Trinajstić information content (AvgIpc) is 2.95. The third-order valence-corrected chi connectivity index (χ3v) is 5.59. The van der Waals surface area contributed by atoms with Crippen LogP contribution in [-0.4, -0.2) is 13.1 Å². The van der Waals surface area contributed by atoms with Crippen LogP contribution >= 0.6 is 22.7 Å². The molecule has 0 aliphatic rings. The van der Waals surface area contributed by atoms with Crippen molar-refractivity contribution in [2.75, 3.05) is 7.11 Å². The molecule has 0 saturated heterocycles. The van der Waals surface area contributed by atoms with Crippen LogP contribution < -0.4 is 0 Å². The van der Waals surface area contributed by atoms with Crippen LogP contribution in [0, 0.1) is 6.92 Å². The Kier molecular flexibility index (Phi) is 4.42. The first-order chi connectivity index (χ1) is 9.01. The van der Waals surface area contributed by atoms with E-state index in [-0.39, 0.29) is 5.97 Å². The number of carbonyl (C=O) groups is 1. The standard InChI is InChI=1S/C15H18O2S2/c1-9(2)15-11(8-14(16)17-4)7-13(19-15)12-6-5-10(3)18-12/h5-7,9H,8H2,1-4H3. The fraction of sp³-hybridized carbons (Fsp3) is 0.400. The summed E-state index contributed by atoms with van der Waals surface area (Å²) < 4.78 is 4.78. The first-order valence-electron chi connectivity index (χ1n) is 6.27. The first-order valence-corrected chi connectivity index (χ1v) is 7.90. The summed E-state index contributed by atoms with van der Waals surface area (Å²) in [6, 6.07) is 6.43. The molecule has 2 aromatic heterocycles. The van der Waals surface area contributed by atoms with Crippen molar-refractivity contribution in [1.29, 1.82) is 0 Å². The van der Waals surface area contributed by atoms with Gasteiger partial charge in [-0.05, 0) is 36.6 Å². The van der Waals surface area contributed by atoms with Gasteiger partial charge in [0.15, 0.2) is 0 Å². The zero-order valence-corrected chi connectivity index (χ0v) is 13.3. The summed E-state index contributed by atoms with van der Waals surface area (Å²) in [5, 5.41) is 0. The van der Waals surface area contributed by atoms with E-state index >= 15 is 0 Å². The Hall–Kier alpha value is -1.13. The number of hydrogen-bond acceptors (Lipinski definition) is 4. The van der Waals surface area contributed by atoms with Crippen molar-refractivity contribution in [2.24, 2.45) is 0 Å². The lowest BCUT2D eigenvalue weighted by atomic mass is 10.1. The zero-order valence-electron chi connectivity index (χ0n) is 11.6. The van der Waals surface area contributed by atoms with Crippen molar-refractivity contribution in [3.8, 4) is 9.75 Å². The molecule has 0 unspecified atom stereocenters. The second-order valence-corrected chi connectivity index (χ2v) is 7.19. The molecular formula is C15H18O2S2. The Morgan fingerprint density at radius 3 is 2.53 bits per heavy atom. The van der Waals surface area contributed by atoms with E-state index in [1.54, 1.807) is 22.7 Å². The summed E-state index contributed by atoms with van der Waals surface area (Å²) in [6.45, 7) is 6.44. The highest BCUT2D eigenvalue weighted by atomic mass is 32.1. The van der Waals surface area contributed by atoms with Crippen molar-refractivity contribution < 1.29 is 9.53 Å². The molecule has 0 atom stereocenters. The molecular weight excluding hydrogens is 276 g/mol. The molecule has 19 heavy (non-hydrogen) atoms. The smallest absolute Gasteiger partial charge is 0.310 e. The summed E-state index contributed by atoms with van der Waals surface area (Å²) in [6.07, 6.45) is 0.366. The number of hydrogen-bond donors (Lipinski definition) is 0. The van der Waals surface area contributed by atoms with E-state index in [2.05, 4.69) is 39.0 Å². The van der Waals surface area contributed by atoms with Gasteiger partial charge in [-0.1, -0.05) is 13.8 Å². The van der Waals surface area contributed by atoms with Gasteiger partial charge in [0, 0.05) is 19.5 Å². The largest absolute Gasteiger partial charge is 0.469 e. The minimum atomic E-state index is -0.173. The van der Waals surface area contributed by atoms with Crippen LogP contribution in [0.2, 0.25) is 0 Å². The summed E-state index contributed by atoms with van der Waals surface area (Å²) in [7, 11) is 1.44. The van der Waals surface area contributed by atoms with Crippen LogP contribution in [0.3, 0.4) is 0 Å². The normalized spacial score (nSPS) is 11.0. The van der Waals surface area contributed by atoms with Gasteiger partial charge in [0.2, 0.25) is 0 Å². The maximum Gasteiger partial charge on any atom is 0.310 e. The molecule has 4 heteroatoms. The maximum atomic E-state index is 11.5. The lowest BCUT2D eigenvalue weighted by Crippen LogP contribution is -2.05. The average molecular weight is 294 g/mol. The van der Waals surface area contributed by atoms with Crippen molar-refractivity contribution >= 4 is 28.6 Å². The number of rotatable bonds is 4. The van der Waals surface area contributed by atoms with Crippen LogP contribution in [0.1, 0.15) is 35.1 Å². The number of esters is 1. The highest BCUT2D eigenvalue weighted by Gasteiger charge is 2.16. The van der Waals surface area contributed by atoms with Gasteiger partial charge in [-0.15, -0.1) is 22.7 Å². The van der Waals surface area contributed by atoms with Gasteiger partial charge in [0.1, 0.15) is 0 Å². The van der Waals surface area contributed by atoms with E-state index in [4.69, 9.17) is 4.74 Å². The van der Waals surface area contributed by atoms with Gasteiger partial charge in [-0.2, -0.15) is 0 Å². The van der Waals surface area contributed by atoms with Gasteiger partial charge in [0.05, 0.1) is 13.5 Å². The minimum absolute atomic E-state index is 0.173. The van der Waals surface area contributed by atoms with E-state index in [0.29, 0.717) is 12.3 Å². The number of aryl methyl sites for hydroxylation is 1. The maximum absolute atomic E-state index is 11.5. The molecule has 0 amide bonds. The van der Waals surface area contributed by atoms with E-state index in [1.165, 1.54) is 26.6 Å². The Morgan fingerprint density at radius 1 is 1.26 bits per heavy atom. The van der Waals surface area contributed by atoms with Crippen LogP contribution in [0.25, 0.3) is 9.75 Å². The summed E-state index contributed by atoms with van der Waals surface area (Å²) in [5.74, 6) is 0.257. The summed E-state index contributed by atoms with van der Waals surface area (Å²) >= 11 is 3.58. The molecule has 0 N–H and O–H groups in total. The summed E-state index contributed by atoms with van der Waals surface area (Å²) in [4.78, 5) is 16.6. The Balaban J connectivity index is 2.37. The predicted octanol–water partition coefficient (Wildman–Crippen LogP) is 4.62. The van der Waals surface area contributed by atoms with Gasteiger partial charge in [0.25, 0.3) is 0 Å². The quantitative estimate of drug-likeness (QED) is 0.769. The fourth-order valence-electron chi connectivity index (χ4n) is 1.99. The van der Waals surface area contributed by atoms with Gasteiger partial charge >= 0.3 is 5.97 Å². The second kappa shape index (κ2) is 5.88. The highest BCUT2D eigenvalue weighted by Crippen LogP contribution is 2.38. The lowest BCUT2D eigenvalue weighted by molar-refractivity contribution is -0.139. The van der Waals surface area contributed by atoms with Crippen molar-refractivity contribution in [3.05, 3.63) is 33.5 Å². The number of carbonyl (C=O) groups excluding carboxylic acids is 1. The molecule has 0 aliphatic heterocycles. The molecule has 2 aromatic rings. The Bertz CT molecular complexity index is 579. The van der Waals surface area contributed by atoms with Crippen LogP contribution in [0.4, 0.5) is 0 Å². The van der Waals surface area contributed by atoms with Crippen molar-refractivity contribution in [2.45, 2.75) is 33.1 Å². The molecule has 0 radical (unpaired) electrons. The van der Waals surface area contributed by atoms with Gasteiger partial charge < -0.3 is 4.74 Å². The molecule has 0 bridgehead atoms. The predicted molar refractivity (Wildman–Crippen MR) is 82.2 cm³/mol. The number of ether oxygens (including phenoxy) is 1.